The highest BCUT2D eigenvalue weighted by atomic mass is 16.3. The number of nitrogens with one attached hydrogen (secondary N) is 1. The molecule has 2 rings (SSSR count). The van der Waals surface area contributed by atoms with E-state index in [2.05, 4.69) is 24.3 Å². The van der Waals surface area contributed by atoms with E-state index < -0.39 is 0 Å². The molecule has 1 atom stereocenters. The van der Waals surface area contributed by atoms with Gasteiger partial charge in [0.2, 0.25) is 0 Å². The number of aryl methyl sites for hydroxylation is 3. The van der Waals surface area contributed by atoms with Gasteiger partial charge in [-0.3, -0.25) is 0 Å². The number of nitrogens with two attached hydrogens (primary N) is 1. The number of hydrogen-bond acceptors (Lipinski definition) is 4. The van der Waals surface area contributed by atoms with Crippen LogP contribution in [0, 0.1) is 13.8 Å². The van der Waals surface area contributed by atoms with Crippen LogP contribution in [0.15, 0.2) is 16.5 Å². The second kappa shape index (κ2) is 5.38. The molecule has 19 heavy (non-hydrogen) atoms. The second-order valence-corrected chi connectivity index (χ2v) is 4.89. The van der Waals surface area contributed by atoms with E-state index >= 15 is 0 Å². The molecule has 0 aliphatic heterocycles. The molecular formula is C14H22N4O. The Balaban J connectivity index is 2.22. The Morgan fingerprint density at radius 2 is 2.16 bits per heavy atom. The Labute approximate surface area is 113 Å². The van der Waals surface area contributed by atoms with Gasteiger partial charge < -0.3 is 15.5 Å². The van der Waals surface area contributed by atoms with E-state index in [1.54, 1.807) is 0 Å². The minimum atomic E-state index is 0.0581. The van der Waals surface area contributed by atoms with Crippen molar-refractivity contribution in [1.29, 1.82) is 0 Å². The zero-order chi connectivity index (χ0) is 14.0. The Hall–Kier alpha value is -1.91. The molecule has 3 N–H and O–H groups in total. The van der Waals surface area contributed by atoms with E-state index in [-0.39, 0.29) is 6.04 Å². The van der Waals surface area contributed by atoms with Gasteiger partial charge in [-0.1, -0.05) is 6.92 Å². The summed E-state index contributed by atoms with van der Waals surface area (Å²) in [5.74, 6) is 2.69. The van der Waals surface area contributed by atoms with Gasteiger partial charge in [-0.15, -0.1) is 0 Å². The summed E-state index contributed by atoms with van der Waals surface area (Å²) in [7, 11) is 0. The number of hydrogen-bond donors (Lipinski definition) is 2. The minimum absolute atomic E-state index is 0.0581. The Bertz CT molecular complexity index is 556. The zero-order valence-electron chi connectivity index (χ0n) is 12.0. The summed E-state index contributed by atoms with van der Waals surface area (Å²) < 4.78 is 7.56. The molecule has 5 heteroatoms. The maximum atomic E-state index is 6.09. The topological polar surface area (TPSA) is 69.0 Å². The smallest absolute Gasteiger partial charge is 0.148 e. The summed E-state index contributed by atoms with van der Waals surface area (Å²) in [4.78, 5) is 0. The molecule has 0 aliphatic rings. The third-order valence-corrected chi connectivity index (χ3v) is 3.15. The third kappa shape index (κ3) is 2.75. The lowest BCUT2D eigenvalue weighted by Gasteiger charge is -2.15. The van der Waals surface area contributed by atoms with Crippen molar-refractivity contribution in [3.63, 3.8) is 0 Å². The van der Waals surface area contributed by atoms with Gasteiger partial charge in [0.1, 0.15) is 17.3 Å². The predicted octanol–water partition coefficient (Wildman–Crippen LogP) is 3.26. The standard InChI is InChI=1S/C14H22N4O/c1-5-8-18-14(13(15)11(4)17-18)16-10(3)12-7-6-9(2)19-12/h6-7,10,16H,5,8,15H2,1-4H3. The van der Waals surface area contributed by atoms with Gasteiger partial charge in [0.15, 0.2) is 0 Å². The van der Waals surface area contributed by atoms with Crippen molar-refractivity contribution in [2.24, 2.45) is 0 Å². The summed E-state index contributed by atoms with van der Waals surface area (Å²) in [6, 6.07) is 4.00. The van der Waals surface area contributed by atoms with Crippen molar-refractivity contribution in [2.45, 2.75) is 46.7 Å². The molecule has 2 heterocycles. The first kappa shape index (κ1) is 13.5. The highest BCUT2D eigenvalue weighted by Crippen LogP contribution is 2.27. The zero-order valence-corrected chi connectivity index (χ0v) is 12.0. The van der Waals surface area contributed by atoms with Crippen molar-refractivity contribution in [3.05, 3.63) is 29.3 Å². The normalized spacial score (nSPS) is 12.6. The van der Waals surface area contributed by atoms with Gasteiger partial charge in [0, 0.05) is 6.54 Å². The lowest BCUT2D eigenvalue weighted by molar-refractivity contribution is 0.465. The summed E-state index contributed by atoms with van der Waals surface area (Å²) in [6.45, 7) is 8.89. The molecule has 2 aromatic heterocycles. The van der Waals surface area contributed by atoms with Gasteiger partial charge in [-0.05, 0) is 39.3 Å². The highest BCUT2D eigenvalue weighted by molar-refractivity contribution is 5.65. The van der Waals surface area contributed by atoms with Gasteiger partial charge in [-0.2, -0.15) is 5.10 Å². The van der Waals surface area contributed by atoms with E-state index in [0.717, 1.165) is 36.0 Å². The maximum absolute atomic E-state index is 6.09. The number of nitrogen functional groups attached to an aromatic ring is 1. The number of anilines is 2. The molecule has 0 aliphatic carbocycles. The molecule has 104 valence electrons. The average Bonchev–Trinajstić information content (AvgIpc) is 2.90. The van der Waals surface area contributed by atoms with Crippen LogP contribution >= 0.6 is 0 Å². The molecule has 1 unspecified atom stereocenters. The van der Waals surface area contributed by atoms with Crippen LogP contribution in [-0.2, 0) is 6.54 Å². The Kier molecular flexibility index (Phi) is 3.83. The van der Waals surface area contributed by atoms with Crippen LogP contribution in [-0.4, -0.2) is 9.78 Å². The van der Waals surface area contributed by atoms with E-state index in [9.17, 15) is 0 Å². The lowest BCUT2D eigenvalue weighted by atomic mass is 10.2. The molecule has 0 spiro atoms. The minimum Gasteiger partial charge on any atom is -0.464 e. The van der Waals surface area contributed by atoms with Crippen LogP contribution < -0.4 is 11.1 Å². The van der Waals surface area contributed by atoms with Crippen molar-refractivity contribution >= 4 is 11.5 Å². The Morgan fingerprint density at radius 1 is 1.42 bits per heavy atom. The number of aromatic nitrogens is 2. The fourth-order valence-corrected chi connectivity index (χ4v) is 2.08. The molecule has 0 bridgehead atoms. The summed E-state index contributed by atoms with van der Waals surface area (Å²) in [6.07, 6.45) is 1.02. The van der Waals surface area contributed by atoms with Crippen molar-refractivity contribution in [1.82, 2.24) is 9.78 Å². The highest BCUT2D eigenvalue weighted by Gasteiger charge is 2.16. The largest absolute Gasteiger partial charge is 0.464 e. The van der Waals surface area contributed by atoms with Gasteiger partial charge >= 0.3 is 0 Å². The first-order chi connectivity index (χ1) is 9.02. The van der Waals surface area contributed by atoms with E-state index in [1.807, 2.05) is 30.7 Å². The van der Waals surface area contributed by atoms with Crippen LogP contribution in [0.5, 0.6) is 0 Å². The Morgan fingerprint density at radius 3 is 2.74 bits per heavy atom. The van der Waals surface area contributed by atoms with Crippen LogP contribution in [0.3, 0.4) is 0 Å². The number of nitrogens with zero attached hydrogens (tertiary/aromatic N) is 2. The van der Waals surface area contributed by atoms with Crippen LogP contribution in [0.1, 0.15) is 43.5 Å². The summed E-state index contributed by atoms with van der Waals surface area (Å²) in [5.41, 5.74) is 7.66. The third-order valence-electron chi connectivity index (χ3n) is 3.15. The molecule has 0 saturated heterocycles. The van der Waals surface area contributed by atoms with Crippen LogP contribution in [0.4, 0.5) is 11.5 Å². The van der Waals surface area contributed by atoms with Crippen molar-refractivity contribution < 1.29 is 4.42 Å². The molecule has 0 amide bonds. The summed E-state index contributed by atoms with van der Waals surface area (Å²) >= 11 is 0. The monoisotopic (exact) mass is 262 g/mol. The average molecular weight is 262 g/mol. The molecular weight excluding hydrogens is 240 g/mol. The number of furan rings is 1. The fourth-order valence-electron chi connectivity index (χ4n) is 2.08. The van der Waals surface area contributed by atoms with E-state index in [4.69, 9.17) is 10.2 Å². The first-order valence-electron chi connectivity index (χ1n) is 6.68. The predicted molar refractivity (Wildman–Crippen MR) is 77.2 cm³/mol. The fraction of sp³-hybridized carbons (Fsp3) is 0.500. The van der Waals surface area contributed by atoms with Gasteiger partial charge in [0.05, 0.1) is 17.4 Å². The first-order valence-corrected chi connectivity index (χ1v) is 6.68. The molecule has 2 aromatic rings. The molecule has 0 radical (unpaired) electrons. The summed E-state index contributed by atoms with van der Waals surface area (Å²) in [5, 5.41) is 7.85. The van der Waals surface area contributed by atoms with Crippen LogP contribution in [0.2, 0.25) is 0 Å². The van der Waals surface area contributed by atoms with Crippen molar-refractivity contribution in [3.8, 4) is 0 Å². The van der Waals surface area contributed by atoms with Gasteiger partial charge in [0.25, 0.3) is 0 Å². The van der Waals surface area contributed by atoms with E-state index in [1.165, 1.54) is 0 Å². The van der Waals surface area contributed by atoms with Crippen molar-refractivity contribution in [2.75, 3.05) is 11.1 Å². The maximum Gasteiger partial charge on any atom is 0.148 e. The van der Waals surface area contributed by atoms with E-state index in [0.29, 0.717) is 5.69 Å². The lowest BCUT2D eigenvalue weighted by Crippen LogP contribution is -2.12. The molecule has 0 aromatic carbocycles. The molecule has 0 saturated carbocycles. The number of rotatable bonds is 5. The molecule has 0 fully saturated rings. The van der Waals surface area contributed by atoms with Crippen LogP contribution in [0.25, 0.3) is 0 Å². The SMILES string of the molecule is CCCn1nc(C)c(N)c1NC(C)c1ccc(C)o1. The molecule has 5 nitrogen and oxygen atoms in total. The second-order valence-electron chi connectivity index (χ2n) is 4.89. The van der Waals surface area contributed by atoms with Gasteiger partial charge in [-0.25, -0.2) is 4.68 Å². The quantitative estimate of drug-likeness (QED) is 0.867.